The lowest BCUT2D eigenvalue weighted by molar-refractivity contribution is 0.182. The van der Waals surface area contributed by atoms with Gasteiger partial charge in [-0.05, 0) is 13.8 Å². The van der Waals surface area contributed by atoms with Gasteiger partial charge in [-0.3, -0.25) is 0 Å². The molecule has 1 N–H and O–H groups in total. The van der Waals surface area contributed by atoms with E-state index in [4.69, 9.17) is 4.74 Å². The first-order valence-corrected chi connectivity index (χ1v) is 4.80. The van der Waals surface area contributed by atoms with Crippen LogP contribution in [0.1, 0.15) is 19.5 Å². The summed E-state index contributed by atoms with van der Waals surface area (Å²) in [7, 11) is 1.68. The highest BCUT2D eigenvalue weighted by atomic mass is 32.1. The number of nitrogens with zero attached hydrogens (tertiary/aromatic N) is 1. The smallest absolute Gasteiger partial charge is 0.183 e. The van der Waals surface area contributed by atoms with Gasteiger partial charge in [0.2, 0.25) is 0 Å². The van der Waals surface area contributed by atoms with Crippen molar-refractivity contribution < 1.29 is 4.74 Å². The second-order valence-corrected chi connectivity index (χ2v) is 3.73. The number of hydrogen-bond donors (Lipinski definition) is 1. The van der Waals surface area contributed by atoms with Crippen LogP contribution in [0.25, 0.3) is 0 Å². The normalized spacial score (nSPS) is 10.7. The van der Waals surface area contributed by atoms with E-state index in [0.717, 1.165) is 10.8 Å². The van der Waals surface area contributed by atoms with Crippen molar-refractivity contribution in [3.63, 3.8) is 0 Å². The fourth-order valence-electron chi connectivity index (χ4n) is 0.834. The standard InChI is InChI=1S/C8H14N2OS/c1-6(2)9-8-10-7(4-11-3)5-12-8/h5-6H,4H2,1-3H3,(H,9,10). The van der Waals surface area contributed by atoms with Crippen molar-refractivity contribution in [2.45, 2.75) is 26.5 Å². The van der Waals surface area contributed by atoms with Crippen LogP contribution in [0, 0.1) is 0 Å². The molecule has 12 heavy (non-hydrogen) atoms. The van der Waals surface area contributed by atoms with Crippen LogP contribution < -0.4 is 5.32 Å². The van der Waals surface area contributed by atoms with Crippen molar-refractivity contribution in [1.29, 1.82) is 0 Å². The van der Waals surface area contributed by atoms with Crippen LogP contribution in [-0.4, -0.2) is 18.1 Å². The number of thiazole rings is 1. The maximum atomic E-state index is 4.96. The molecule has 1 rings (SSSR count). The van der Waals surface area contributed by atoms with Gasteiger partial charge < -0.3 is 10.1 Å². The molecular weight excluding hydrogens is 172 g/mol. The Morgan fingerprint density at radius 3 is 3.00 bits per heavy atom. The van der Waals surface area contributed by atoms with Gasteiger partial charge in [-0.1, -0.05) is 0 Å². The lowest BCUT2D eigenvalue weighted by atomic mass is 10.4. The third-order valence-electron chi connectivity index (χ3n) is 1.26. The molecule has 0 radical (unpaired) electrons. The molecule has 0 bridgehead atoms. The summed E-state index contributed by atoms with van der Waals surface area (Å²) in [4.78, 5) is 4.32. The Hall–Kier alpha value is -0.610. The molecule has 1 heterocycles. The Morgan fingerprint density at radius 2 is 2.42 bits per heavy atom. The van der Waals surface area contributed by atoms with Crippen molar-refractivity contribution in [2.75, 3.05) is 12.4 Å². The molecule has 1 aromatic heterocycles. The molecule has 0 unspecified atom stereocenters. The summed E-state index contributed by atoms with van der Waals surface area (Å²) >= 11 is 1.62. The van der Waals surface area contributed by atoms with Crippen LogP contribution in [-0.2, 0) is 11.3 Å². The lowest BCUT2D eigenvalue weighted by Crippen LogP contribution is -2.09. The summed E-state index contributed by atoms with van der Waals surface area (Å²) in [6.07, 6.45) is 0. The van der Waals surface area contributed by atoms with Gasteiger partial charge in [-0.15, -0.1) is 11.3 Å². The number of methoxy groups -OCH3 is 1. The van der Waals surface area contributed by atoms with E-state index in [1.165, 1.54) is 0 Å². The van der Waals surface area contributed by atoms with E-state index in [-0.39, 0.29) is 0 Å². The van der Waals surface area contributed by atoms with Crippen LogP contribution in [0.3, 0.4) is 0 Å². The molecule has 0 spiro atoms. The van der Waals surface area contributed by atoms with E-state index in [9.17, 15) is 0 Å². The number of nitrogens with one attached hydrogen (secondary N) is 1. The molecule has 0 aliphatic carbocycles. The topological polar surface area (TPSA) is 34.1 Å². The maximum absolute atomic E-state index is 4.96. The first kappa shape index (κ1) is 9.48. The van der Waals surface area contributed by atoms with Gasteiger partial charge in [0.1, 0.15) is 0 Å². The van der Waals surface area contributed by atoms with Crippen LogP contribution in [0.15, 0.2) is 5.38 Å². The SMILES string of the molecule is COCc1csc(NC(C)C)n1. The zero-order chi connectivity index (χ0) is 8.97. The molecule has 0 aliphatic rings. The lowest BCUT2D eigenvalue weighted by Gasteiger charge is -2.04. The third kappa shape index (κ3) is 2.79. The quantitative estimate of drug-likeness (QED) is 0.782. The highest BCUT2D eigenvalue weighted by Gasteiger charge is 2.01. The molecule has 0 saturated heterocycles. The van der Waals surface area contributed by atoms with Crippen molar-refractivity contribution in [3.05, 3.63) is 11.1 Å². The molecule has 0 aliphatic heterocycles. The van der Waals surface area contributed by atoms with Gasteiger partial charge in [-0.25, -0.2) is 4.98 Å². The predicted octanol–water partition coefficient (Wildman–Crippen LogP) is 2.11. The molecule has 0 amide bonds. The van der Waals surface area contributed by atoms with Crippen molar-refractivity contribution in [1.82, 2.24) is 4.98 Å². The average Bonchev–Trinajstić information content (AvgIpc) is 2.36. The molecule has 0 atom stereocenters. The van der Waals surface area contributed by atoms with Gasteiger partial charge in [0.25, 0.3) is 0 Å². The summed E-state index contributed by atoms with van der Waals surface area (Å²) in [5.41, 5.74) is 0.991. The fraction of sp³-hybridized carbons (Fsp3) is 0.625. The summed E-state index contributed by atoms with van der Waals surface area (Å²) in [5, 5.41) is 6.21. The van der Waals surface area contributed by atoms with Crippen LogP contribution in [0.5, 0.6) is 0 Å². The Labute approximate surface area is 76.8 Å². The number of aromatic nitrogens is 1. The highest BCUT2D eigenvalue weighted by Crippen LogP contribution is 2.16. The Bertz CT molecular complexity index is 235. The summed E-state index contributed by atoms with van der Waals surface area (Å²) < 4.78 is 4.96. The number of anilines is 1. The van der Waals surface area contributed by atoms with Crippen molar-refractivity contribution >= 4 is 16.5 Å². The van der Waals surface area contributed by atoms with E-state index in [0.29, 0.717) is 12.6 Å². The van der Waals surface area contributed by atoms with Crippen LogP contribution in [0.4, 0.5) is 5.13 Å². The first-order valence-electron chi connectivity index (χ1n) is 3.92. The predicted molar refractivity (Wildman–Crippen MR) is 51.6 cm³/mol. The molecule has 0 saturated carbocycles. The molecule has 3 nitrogen and oxygen atoms in total. The number of rotatable bonds is 4. The first-order chi connectivity index (χ1) is 5.72. The molecule has 0 aromatic carbocycles. The van der Waals surface area contributed by atoms with Crippen LogP contribution >= 0.6 is 11.3 Å². The van der Waals surface area contributed by atoms with Gasteiger partial charge in [-0.2, -0.15) is 0 Å². The molecule has 68 valence electrons. The summed E-state index contributed by atoms with van der Waals surface area (Å²) in [6.45, 7) is 4.78. The van der Waals surface area contributed by atoms with E-state index in [2.05, 4.69) is 24.1 Å². The summed E-state index contributed by atoms with van der Waals surface area (Å²) in [6, 6.07) is 0.437. The molecule has 0 fully saturated rings. The van der Waals surface area contributed by atoms with Gasteiger partial charge in [0.15, 0.2) is 5.13 Å². The van der Waals surface area contributed by atoms with E-state index >= 15 is 0 Å². The van der Waals surface area contributed by atoms with Gasteiger partial charge >= 0.3 is 0 Å². The Kier molecular flexibility index (Phi) is 3.49. The van der Waals surface area contributed by atoms with Gasteiger partial charge in [0.05, 0.1) is 12.3 Å². The minimum Gasteiger partial charge on any atom is -0.378 e. The second-order valence-electron chi connectivity index (χ2n) is 2.88. The van der Waals surface area contributed by atoms with Crippen LogP contribution in [0.2, 0.25) is 0 Å². The molecule has 1 aromatic rings. The monoisotopic (exact) mass is 186 g/mol. The molecule has 4 heteroatoms. The Morgan fingerprint density at radius 1 is 1.67 bits per heavy atom. The zero-order valence-corrected chi connectivity index (χ0v) is 8.44. The van der Waals surface area contributed by atoms with E-state index in [1.54, 1.807) is 18.4 Å². The number of ether oxygens (including phenoxy) is 1. The summed E-state index contributed by atoms with van der Waals surface area (Å²) in [5.74, 6) is 0. The third-order valence-corrected chi connectivity index (χ3v) is 2.08. The minimum absolute atomic E-state index is 0.437. The fourth-order valence-corrected chi connectivity index (χ4v) is 1.68. The number of hydrogen-bond acceptors (Lipinski definition) is 4. The second kappa shape index (κ2) is 4.42. The minimum atomic E-state index is 0.437. The maximum Gasteiger partial charge on any atom is 0.183 e. The van der Waals surface area contributed by atoms with Gasteiger partial charge in [0, 0.05) is 18.5 Å². The molecular formula is C8H14N2OS. The average molecular weight is 186 g/mol. The van der Waals surface area contributed by atoms with Crippen molar-refractivity contribution in [3.8, 4) is 0 Å². The highest BCUT2D eigenvalue weighted by molar-refractivity contribution is 7.13. The van der Waals surface area contributed by atoms with E-state index in [1.807, 2.05) is 5.38 Å². The largest absolute Gasteiger partial charge is 0.378 e. The van der Waals surface area contributed by atoms with Crippen molar-refractivity contribution in [2.24, 2.45) is 0 Å². The zero-order valence-electron chi connectivity index (χ0n) is 7.63. The van der Waals surface area contributed by atoms with E-state index < -0.39 is 0 Å². The Balaban J connectivity index is 2.52.